The molecule has 9 heteroatoms. The van der Waals surface area contributed by atoms with Gasteiger partial charge in [-0.25, -0.2) is 4.68 Å². The minimum absolute atomic E-state index is 0.0263. The number of nitrogens with zero attached hydrogens (tertiary/aromatic N) is 5. The summed E-state index contributed by atoms with van der Waals surface area (Å²) in [5, 5.41) is 10.5. The number of hydrogen-bond donors (Lipinski definition) is 0. The van der Waals surface area contributed by atoms with Crippen LogP contribution in [0.1, 0.15) is 18.3 Å². The summed E-state index contributed by atoms with van der Waals surface area (Å²) < 4.78 is 44.2. The fraction of sp³-hybridized carbons (Fsp3) is 0.500. The molecule has 0 bridgehead atoms. The first-order valence-corrected chi connectivity index (χ1v) is 7.19. The largest absolute Gasteiger partial charge is 0.492 e. The Labute approximate surface area is 130 Å². The molecule has 2 heterocycles. The molecule has 1 aromatic heterocycles. The van der Waals surface area contributed by atoms with Gasteiger partial charge in [0.15, 0.2) is 5.82 Å². The van der Waals surface area contributed by atoms with Crippen molar-refractivity contribution in [2.24, 2.45) is 0 Å². The van der Waals surface area contributed by atoms with E-state index in [0.717, 1.165) is 16.0 Å². The van der Waals surface area contributed by atoms with Crippen molar-refractivity contribution < 1.29 is 17.9 Å². The van der Waals surface area contributed by atoms with Crippen molar-refractivity contribution in [2.45, 2.75) is 38.8 Å². The highest BCUT2D eigenvalue weighted by molar-refractivity contribution is 5.34. The lowest BCUT2D eigenvalue weighted by Gasteiger charge is -2.25. The third-order valence-electron chi connectivity index (χ3n) is 3.73. The molecule has 1 aliphatic rings. The maximum atomic E-state index is 12.6. The molecule has 124 valence electrons. The van der Waals surface area contributed by atoms with Gasteiger partial charge in [-0.1, -0.05) is 18.2 Å². The van der Waals surface area contributed by atoms with Gasteiger partial charge in [0.05, 0.1) is 6.54 Å². The van der Waals surface area contributed by atoms with Gasteiger partial charge in [0.1, 0.15) is 18.9 Å². The summed E-state index contributed by atoms with van der Waals surface area (Å²) in [6, 6.07) is 7.66. The molecule has 0 saturated carbocycles. The summed E-state index contributed by atoms with van der Waals surface area (Å²) in [7, 11) is 0. The van der Waals surface area contributed by atoms with Gasteiger partial charge < -0.3 is 4.74 Å². The first kappa shape index (κ1) is 15.7. The van der Waals surface area contributed by atoms with Crippen LogP contribution < -0.4 is 4.74 Å². The summed E-state index contributed by atoms with van der Waals surface area (Å²) in [6.45, 7) is 2.02. The van der Waals surface area contributed by atoms with E-state index < -0.39 is 12.7 Å². The van der Waals surface area contributed by atoms with Crippen molar-refractivity contribution >= 4 is 0 Å². The zero-order valence-electron chi connectivity index (χ0n) is 12.5. The molecule has 0 radical (unpaired) electrons. The van der Waals surface area contributed by atoms with Crippen LogP contribution in [0.15, 0.2) is 24.3 Å². The second-order valence-corrected chi connectivity index (χ2v) is 5.54. The van der Waals surface area contributed by atoms with E-state index in [9.17, 15) is 13.2 Å². The Bertz CT molecular complexity index is 672. The standard InChI is InChI=1S/C14H16F3N5O/c1-10-8-23-12-5-3-2-4-11(12)6-21(10)7-13-18-19-20-22(13)9-14(15,16)17/h2-5,10H,6-9H2,1H3/t10-/m0/s1. The molecular weight excluding hydrogens is 311 g/mol. The highest BCUT2D eigenvalue weighted by atomic mass is 19.4. The van der Waals surface area contributed by atoms with Crippen LogP contribution in [0.4, 0.5) is 13.2 Å². The SMILES string of the molecule is C[C@H]1COc2ccccc2CN1Cc1nnnn1CC(F)(F)F. The Morgan fingerprint density at radius 2 is 2.09 bits per heavy atom. The van der Waals surface area contributed by atoms with Crippen molar-refractivity contribution in [2.75, 3.05) is 6.61 Å². The molecular formula is C14H16F3N5O. The maximum Gasteiger partial charge on any atom is 0.408 e. The second kappa shape index (κ2) is 6.15. The van der Waals surface area contributed by atoms with Gasteiger partial charge in [0.2, 0.25) is 0 Å². The zero-order chi connectivity index (χ0) is 16.4. The minimum Gasteiger partial charge on any atom is -0.492 e. The normalized spacial score (nSPS) is 19.0. The predicted molar refractivity (Wildman–Crippen MR) is 74.5 cm³/mol. The lowest BCUT2D eigenvalue weighted by atomic mass is 10.2. The fourth-order valence-electron chi connectivity index (χ4n) is 2.49. The van der Waals surface area contributed by atoms with Crippen LogP contribution in [0.2, 0.25) is 0 Å². The number of aromatic nitrogens is 4. The predicted octanol–water partition coefficient (Wildman–Crippen LogP) is 2.02. The van der Waals surface area contributed by atoms with Crippen LogP contribution in [-0.2, 0) is 19.6 Å². The van der Waals surface area contributed by atoms with Gasteiger partial charge in [-0.2, -0.15) is 13.2 Å². The number of hydrogen-bond acceptors (Lipinski definition) is 5. The zero-order valence-corrected chi connectivity index (χ0v) is 12.5. The summed E-state index contributed by atoms with van der Waals surface area (Å²) in [6.07, 6.45) is -4.36. The first-order chi connectivity index (χ1) is 10.9. The van der Waals surface area contributed by atoms with Gasteiger partial charge in [0.25, 0.3) is 0 Å². The van der Waals surface area contributed by atoms with E-state index in [1.807, 2.05) is 36.1 Å². The average Bonchev–Trinajstić information content (AvgIpc) is 2.82. The molecule has 0 fully saturated rings. The van der Waals surface area contributed by atoms with Gasteiger partial charge in [-0.15, -0.1) is 5.10 Å². The number of ether oxygens (including phenoxy) is 1. The van der Waals surface area contributed by atoms with E-state index in [0.29, 0.717) is 13.2 Å². The van der Waals surface area contributed by atoms with Gasteiger partial charge in [-0.3, -0.25) is 4.90 Å². The molecule has 2 aromatic rings. The Kier molecular flexibility index (Phi) is 4.20. The quantitative estimate of drug-likeness (QED) is 0.863. The number of tetrazole rings is 1. The van der Waals surface area contributed by atoms with Crippen LogP contribution in [-0.4, -0.2) is 43.9 Å². The minimum atomic E-state index is -4.36. The molecule has 0 saturated heterocycles. The fourth-order valence-corrected chi connectivity index (χ4v) is 2.49. The van der Waals surface area contributed by atoms with E-state index in [2.05, 4.69) is 15.5 Å². The second-order valence-electron chi connectivity index (χ2n) is 5.54. The van der Waals surface area contributed by atoms with E-state index in [1.165, 1.54) is 0 Å². The topological polar surface area (TPSA) is 56.1 Å². The molecule has 0 aliphatic carbocycles. The number of para-hydroxylation sites is 1. The van der Waals surface area contributed by atoms with Crippen LogP contribution >= 0.6 is 0 Å². The number of fused-ring (bicyclic) bond motifs is 1. The van der Waals surface area contributed by atoms with Crippen molar-refractivity contribution in [3.05, 3.63) is 35.7 Å². The molecule has 1 aliphatic heterocycles. The van der Waals surface area contributed by atoms with Crippen LogP contribution in [0.5, 0.6) is 5.75 Å². The summed E-state index contributed by atoms with van der Waals surface area (Å²) in [5.74, 6) is 0.991. The molecule has 23 heavy (non-hydrogen) atoms. The number of benzene rings is 1. The third kappa shape index (κ3) is 3.79. The number of alkyl halides is 3. The monoisotopic (exact) mass is 327 g/mol. The summed E-state index contributed by atoms with van der Waals surface area (Å²) >= 11 is 0. The maximum absolute atomic E-state index is 12.6. The van der Waals surface area contributed by atoms with Crippen molar-refractivity contribution in [3.63, 3.8) is 0 Å². The average molecular weight is 327 g/mol. The summed E-state index contributed by atoms with van der Waals surface area (Å²) in [4.78, 5) is 2.00. The van der Waals surface area contributed by atoms with Crippen LogP contribution in [0, 0.1) is 0 Å². The smallest absolute Gasteiger partial charge is 0.408 e. The van der Waals surface area contributed by atoms with Crippen LogP contribution in [0.25, 0.3) is 0 Å². The highest BCUT2D eigenvalue weighted by Gasteiger charge is 2.31. The Balaban J connectivity index is 1.78. The Hall–Kier alpha value is -2.16. The summed E-state index contributed by atoms with van der Waals surface area (Å²) in [5.41, 5.74) is 0.992. The first-order valence-electron chi connectivity index (χ1n) is 7.19. The van der Waals surface area contributed by atoms with E-state index in [1.54, 1.807) is 0 Å². The van der Waals surface area contributed by atoms with Gasteiger partial charge in [-0.05, 0) is 23.4 Å². The van der Waals surface area contributed by atoms with Crippen molar-refractivity contribution in [1.29, 1.82) is 0 Å². The lowest BCUT2D eigenvalue weighted by Crippen LogP contribution is -2.35. The van der Waals surface area contributed by atoms with Gasteiger partial charge >= 0.3 is 6.18 Å². The Morgan fingerprint density at radius 1 is 1.30 bits per heavy atom. The molecule has 1 aromatic carbocycles. The van der Waals surface area contributed by atoms with E-state index >= 15 is 0 Å². The van der Waals surface area contributed by atoms with E-state index in [-0.39, 0.29) is 18.4 Å². The molecule has 1 atom stereocenters. The van der Waals surface area contributed by atoms with Crippen molar-refractivity contribution in [3.8, 4) is 5.75 Å². The van der Waals surface area contributed by atoms with Crippen LogP contribution in [0.3, 0.4) is 0 Å². The molecule has 0 N–H and O–H groups in total. The molecule has 0 unspecified atom stereocenters. The van der Waals surface area contributed by atoms with E-state index in [4.69, 9.17) is 4.74 Å². The molecule has 6 nitrogen and oxygen atoms in total. The van der Waals surface area contributed by atoms with Crippen molar-refractivity contribution in [1.82, 2.24) is 25.1 Å². The molecule has 0 spiro atoms. The number of halogens is 3. The number of rotatable bonds is 3. The Morgan fingerprint density at radius 3 is 2.87 bits per heavy atom. The lowest BCUT2D eigenvalue weighted by molar-refractivity contribution is -0.143. The van der Waals surface area contributed by atoms with Gasteiger partial charge in [0, 0.05) is 18.2 Å². The molecule has 0 amide bonds. The highest BCUT2D eigenvalue weighted by Crippen LogP contribution is 2.25. The third-order valence-corrected chi connectivity index (χ3v) is 3.73. The molecule has 3 rings (SSSR count).